The van der Waals surface area contributed by atoms with E-state index in [9.17, 15) is 30.3 Å². The molecule has 3 aliphatic heterocycles. The van der Waals surface area contributed by atoms with Crippen LogP contribution < -0.4 is 10.6 Å². The van der Waals surface area contributed by atoms with Gasteiger partial charge in [0.2, 0.25) is 0 Å². The van der Waals surface area contributed by atoms with Crippen molar-refractivity contribution >= 4 is 5.97 Å². The molecule has 16 heteroatoms. The number of nitrogens with zero attached hydrogens (tertiary/aromatic N) is 1. The van der Waals surface area contributed by atoms with E-state index < -0.39 is 95.5 Å². The molecule has 0 radical (unpaired) electrons. The summed E-state index contributed by atoms with van der Waals surface area (Å²) in [5.41, 5.74) is -6.07. The second-order valence-corrected chi connectivity index (χ2v) is 18.2. The SMILES string of the molecule is CC[C@H]1OC(=O)[C@H](C)[C@@H](O[C@H]2C[C@@](C)(OC)[C@@](O)(CNCCOC)[C@H](C)O2)[C@H](C)[C@@H](O[C@@H]2O[C@H](C)C[C@H](N(C)C)[C@H]2O)[C@](C)(O)C[C@@H](C)CN[C@H](C)[C@@H](O)[C@]1(C)O. The largest absolute Gasteiger partial charge is 0.459 e. The van der Waals surface area contributed by atoms with Crippen molar-refractivity contribution in [3.63, 3.8) is 0 Å². The summed E-state index contributed by atoms with van der Waals surface area (Å²) < 4.78 is 43.4. The Bertz CT molecular complexity index is 1250. The number of aliphatic hydroxyl groups excluding tert-OH is 2. The summed E-state index contributed by atoms with van der Waals surface area (Å²) in [6.45, 7) is 18.9. The van der Waals surface area contributed by atoms with Crippen molar-refractivity contribution in [3.8, 4) is 0 Å². The van der Waals surface area contributed by atoms with Crippen molar-refractivity contribution in [1.82, 2.24) is 15.5 Å². The smallest absolute Gasteiger partial charge is 0.311 e. The highest BCUT2D eigenvalue weighted by atomic mass is 16.7. The van der Waals surface area contributed by atoms with Crippen LogP contribution in [-0.4, -0.2) is 181 Å². The molecular weight excluding hydrogens is 742 g/mol. The molecule has 0 bridgehead atoms. The third kappa shape index (κ3) is 11.6. The molecule has 0 unspecified atom stereocenters. The molecular formula is C41H79N3O13. The number of cyclic esters (lactones) is 1. The number of carbonyl (C=O) groups excluding carboxylic acids is 1. The van der Waals surface area contributed by atoms with Crippen LogP contribution in [0, 0.1) is 17.8 Å². The van der Waals surface area contributed by atoms with Gasteiger partial charge in [-0.3, -0.25) is 4.79 Å². The summed E-state index contributed by atoms with van der Waals surface area (Å²) in [4.78, 5) is 16.3. The van der Waals surface area contributed by atoms with Crippen molar-refractivity contribution < 1.29 is 63.5 Å². The number of likely N-dealkylation sites (N-methyl/N-ethyl adjacent to an activating group) is 1. The molecule has 16 nitrogen and oxygen atoms in total. The third-order valence-electron chi connectivity index (χ3n) is 13.1. The van der Waals surface area contributed by atoms with Crippen LogP contribution in [0.25, 0.3) is 0 Å². The molecule has 3 saturated heterocycles. The number of aliphatic hydroxyl groups is 5. The Kier molecular flexibility index (Phi) is 18.2. The molecule has 336 valence electrons. The fourth-order valence-corrected chi connectivity index (χ4v) is 9.20. The van der Waals surface area contributed by atoms with E-state index in [0.717, 1.165) is 0 Å². The van der Waals surface area contributed by atoms with Gasteiger partial charge in [0.05, 0.1) is 42.5 Å². The summed E-state index contributed by atoms with van der Waals surface area (Å²) in [6, 6.07) is -0.891. The molecule has 0 aromatic rings. The van der Waals surface area contributed by atoms with E-state index in [1.54, 1.807) is 48.7 Å². The average Bonchev–Trinajstić information content (AvgIpc) is 3.14. The molecule has 0 spiro atoms. The third-order valence-corrected chi connectivity index (χ3v) is 13.1. The lowest BCUT2D eigenvalue weighted by atomic mass is 9.75. The zero-order valence-corrected chi connectivity index (χ0v) is 37.2. The molecule has 0 aromatic heterocycles. The second kappa shape index (κ2) is 20.6. The first kappa shape index (κ1) is 50.3. The highest BCUT2D eigenvalue weighted by molar-refractivity contribution is 5.73. The minimum Gasteiger partial charge on any atom is -0.459 e. The molecule has 3 fully saturated rings. The minimum atomic E-state index is -1.82. The molecule has 0 amide bonds. The highest BCUT2D eigenvalue weighted by Gasteiger charge is 2.58. The fourth-order valence-electron chi connectivity index (χ4n) is 9.20. The van der Waals surface area contributed by atoms with E-state index in [0.29, 0.717) is 26.1 Å². The lowest BCUT2D eigenvalue weighted by Gasteiger charge is -2.53. The van der Waals surface area contributed by atoms with Crippen LogP contribution >= 0.6 is 0 Å². The Morgan fingerprint density at radius 2 is 1.61 bits per heavy atom. The van der Waals surface area contributed by atoms with Crippen LogP contribution in [0.15, 0.2) is 0 Å². The van der Waals surface area contributed by atoms with Crippen molar-refractivity contribution in [2.24, 2.45) is 17.8 Å². The van der Waals surface area contributed by atoms with Crippen LogP contribution in [0.5, 0.6) is 0 Å². The van der Waals surface area contributed by atoms with Gasteiger partial charge >= 0.3 is 5.97 Å². The fraction of sp³-hybridized carbons (Fsp3) is 0.976. The van der Waals surface area contributed by atoms with Gasteiger partial charge in [0, 0.05) is 51.7 Å². The predicted molar refractivity (Wildman–Crippen MR) is 213 cm³/mol. The van der Waals surface area contributed by atoms with Gasteiger partial charge in [-0.2, -0.15) is 0 Å². The van der Waals surface area contributed by atoms with Crippen LogP contribution in [0.2, 0.25) is 0 Å². The Balaban J connectivity index is 2.15. The average molecular weight is 822 g/mol. The van der Waals surface area contributed by atoms with Crippen LogP contribution in [-0.2, 0) is 38.0 Å². The molecule has 0 saturated carbocycles. The van der Waals surface area contributed by atoms with Crippen LogP contribution in [0.3, 0.4) is 0 Å². The molecule has 3 aliphatic rings. The lowest BCUT2D eigenvalue weighted by molar-refractivity contribution is -0.336. The summed E-state index contributed by atoms with van der Waals surface area (Å²) >= 11 is 0. The van der Waals surface area contributed by atoms with E-state index >= 15 is 0 Å². The minimum absolute atomic E-state index is 0.0642. The Morgan fingerprint density at radius 1 is 0.965 bits per heavy atom. The number of hydrogen-bond donors (Lipinski definition) is 7. The Morgan fingerprint density at radius 3 is 2.19 bits per heavy atom. The normalized spacial score (nSPS) is 47.3. The molecule has 3 heterocycles. The number of hydrogen-bond acceptors (Lipinski definition) is 16. The maximum Gasteiger partial charge on any atom is 0.311 e. The van der Waals surface area contributed by atoms with E-state index in [2.05, 4.69) is 10.6 Å². The number of esters is 1. The zero-order valence-electron chi connectivity index (χ0n) is 37.2. The summed E-state index contributed by atoms with van der Waals surface area (Å²) in [5, 5.41) is 65.8. The summed E-state index contributed by atoms with van der Waals surface area (Å²) in [6.07, 6.45) is -7.77. The predicted octanol–water partition coefficient (Wildman–Crippen LogP) is 1.16. The highest BCUT2D eigenvalue weighted by Crippen LogP contribution is 2.43. The molecule has 57 heavy (non-hydrogen) atoms. The molecule has 0 aliphatic carbocycles. The van der Waals surface area contributed by atoms with Crippen molar-refractivity contribution in [3.05, 3.63) is 0 Å². The van der Waals surface area contributed by atoms with Gasteiger partial charge in [-0.05, 0) is 94.3 Å². The first-order valence-corrected chi connectivity index (χ1v) is 20.9. The Labute approximate surface area is 341 Å². The quantitative estimate of drug-likeness (QED) is 0.109. The standard InChI is InChI=1S/C41H79N3O13/c1-15-30-40(10,49)34(46)27(6)43-21-23(2)19-38(8,48)35(57-37-32(45)29(44(11)12)18-24(3)53-37)25(4)33(26(5)36(47)55-30)56-31-20-39(9,52-14)41(50,28(7)54-31)22-42-16-17-51-13/h23-35,37,42-43,45-46,48-50H,15-22H2,1-14H3/t23-,24-,25+,26-,27-,28+,29+,30-,31+,32-,33+,34-,35-,37+,38-,39-,40-,41-/m1/s1. The number of nitrogens with one attached hydrogen (secondary N) is 2. The van der Waals surface area contributed by atoms with Gasteiger partial charge in [-0.15, -0.1) is 0 Å². The maximum absolute atomic E-state index is 14.3. The molecule has 3 rings (SSSR count). The van der Waals surface area contributed by atoms with Gasteiger partial charge in [-0.25, -0.2) is 0 Å². The maximum atomic E-state index is 14.3. The van der Waals surface area contributed by atoms with Crippen molar-refractivity contribution in [1.29, 1.82) is 0 Å². The number of ether oxygens (including phenoxy) is 7. The summed E-state index contributed by atoms with van der Waals surface area (Å²) in [5.74, 6) is -2.71. The monoisotopic (exact) mass is 822 g/mol. The van der Waals surface area contributed by atoms with E-state index in [1.807, 2.05) is 39.8 Å². The lowest BCUT2D eigenvalue weighted by Crippen LogP contribution is -2.70. The van der Waals surface area contributed by atoms with Crippen LogP contribution in [0.1, 0.15) is 94.9 Å². The Hall–Kier alpha value is -1.09. The second-order valence-electron chi connectivity index (χ2n) is 18.2. The van der Waals surface area contributed by atoms with Gasteiger partial charge in [-0.1, -0.05) is 20.8 Å². The number of methoxy groups -OCH3 is 2. The molecule has 0 aromatic carbocycles. The number of rotatable bonds is 12. The van der Waals surface area contributed by atoms with Gasteiger partial charge in [0.15, 0.2) is 12.6 Å². The van der Waals surface area contributed by atoms with Crippen molar-refractivity contribution in [2.45, 2.75) is 185 Å². The van der Waals surface area contributed by atoms with E-state index in [-0.39, 0.29) is 43.9 Å². The topological polar surface area (TPSA) is 210 Å². The van der Waals surface area contributed by atoms with Gasteiger partial charge < -0.3 is 74.2 Å². The first-order chi connectivity index (χ1) is 26.4. The molecule has 7 N–H and O–H groups in total. The van der Waals surface area contributed by atoms with E-state index in [1.165, 1.54) is 14.0 Å². The van der Waals surface area contributed by atoms with E-state index in [4.69, 9.17) is 33.2 Å². The van der Waals surface area contributed by atoms with Gasteiger partial charge in [0.25, 0.3) is 0 Å². The number of carbonyl (C=O) groups is 1. The summed E-state index contributed by atoms with van der Waals surface area (Å²) in [7, 11) is 6.88. The zero-order chi connectivity index (χ0) is 43.3. The molecule has 18 atom stereocenters. The van der Waals surface area contributed by atoms with Gasteiger partial charge in [0.1, 0.15) is 35.1 Å². The first-order valence-electron chi connectivity index (χ1n) is 20.9. The van der Waals surface area contributed by atoms with Crippen molar-refractivity contribution in [2.75, 3.05) is 54.6 Å². The van der Waals surface area contributed by atoms with Crippen LogP contribution in [0.4, 0.5) is 0 Å².